The summed E-state index contributed by atoms with van der Waals surface area (Å²) in [5, 5.41) is 23.7. The summed E-state index contributed by atoms with van der Waals surface area (Å²) in [5.74, 6) is -4.55. The molecule has 0 aromatic heterocycles. The Hall–Kier alpha value is -4.25. The molecule has 1 aromatic carbocycles. The first-order valence-electron chi connectivity index (χ1n) is 21.7. The number of nitrogens with two attached hydrogens (primary N) is 2. The Balaban J connectivity index is 0.0000109. The van der Waals surface area contributed by atoms with Crippen LogP contribution in [0.3, 0.4) is 0 Å². The molecule has 0 bridgehead atoms. The fourth-order valence-corrected chi connectivity index (χ4v) is 7.63. The number of carbonyl (C=O) groups is 8. The number of ether oxygens (including phenoxy) is 2. The summed E-state index contributed by atoms with van der Waals surface area (Å²) >= 11 is 4.00. The van der Waals surface area contributed by atoms with Crippen LogP contribution in [0.2, 0.25) is 0 Å². The van der Waals surface area contributed by atoms with Crippen LogP contribution in [0.5, 0.6) is 0 Å². The number of hydrogen-bond acceptors (Lipinski definition) is 14. The molecule has 2 fully saturated rings. The first-order chi connectivity index (χ1) is 30.4. The summed E-state index contributed by atoms with van der Waals surface area (Å²) in [5.41, 5.74) is 12.3. The van der Waals surface area contributed by atoms with Crippen molar-refractivity contribution < 1.29 is 78.8 Å². The molecule has 7 atom stereocenters. The van der Waals surface area contributed by atoms with Crippen LogP contribution in [0, 0.1) is 5.92 Å². The van der Waals surface area contributed by atoms with Crippen molar-refractivity contribution in [3.05, 3.63) is 35.9 Å². The molecule has 3 rings (SSSR count). The van der Waals surface area contributed by atoms with Crippen LogP contribution in [0.25, 0.3) is 0 Å². The minimum Gasteiger partial charge on any atom is -2.00 e. The maximum absolute atomic E-state index is 14.0. The molecule has 10 N–H and O–H groups in total. The molecule has 373 valence electrons. The molecule has 5 unspecified atom stereocenters. The van der Waals surface area contributed by atoms with E-state index in [4.69, 9.17) is 20.9 Å². The third kappa shape index (κ3) is 19.9. The number of likely N-dealkylation sites (N-methyl/N-ethyl adjacent to an activating group) is 1. The predicted molar refractivity (Wildman–Crippen MR) is 239 cm³/mol. The van der Waals surface area contributed by atoms with Crippen LogP contribution in [0.4, 0.5) is 0 Å². The number of nitrogens with zero attached hydrogens (tertiary/aromatic N) is 3. The van der Waals surface area contributed by atoms with Crippen molar-refractivity contribution in [2.24, 2.45) is 17.4 Å². The minimum atomic E-state index is -1.56. The van der Waals surface area contributed by atoms with Gasteiger partial charge in [0.1, 0.15) is 42.9 Å². The third-order valence-corrected chi connectivity index (χ3v) is 10.9. The second-order valence-corrected chi connectivity index (χ2v) is 17.0. The minimum absolute atomic E-state index is 0. The fourth-order valence-electron chi connectivity index (χ4n) is 7.36. The predicted octanol–water partition coefficient (Wildman–Crippen LogP) is -3.48. The number of hydrogen-bond donors (Lipinski definition) is 9. The Bertz CT molecular complexity index is 1740. The summed E-state index contributed by atoms with van der Waals surface area (Å²) in [4.78, 5) is 108. The van der Waals surface area contributed by atoms with Crippen molar-refractivity contribution >= 4 is 59.9 Å². The van der Waals surface area contributed by atoms with Gasteiger partial charge >= 0.3 is 0 Å². The number of aliphatic hydroxyl groups is 1. The van der Waals surface area contributed by atoms with Crippen LogP contribution in [-0.4, -0.2) is 188 Å². The van der Waals surface area contributed by atoms with Gasteiger partial charge in [0.15, 0.2) is 0 Å². The Morgan fingerprint density at radius 3 is 2.08 bits per heavy atom. The average molecular weight is 1120 g/mol. The van der Waals surface area contributed by atoms with Gasteiger partial charge in [-0.2, -0.15) is 12.6 Å². The summed E-state index contributed by atoms with van der Waals surface area (Å²) in [6.45, 7) is 4.13. The van der Waals surface area contributed by atoms with Crippen molar-refractivity contribution in [1.82, 2.24) is 41.3 Å². The Morgan fingerprint density at radius 2 is 1.45 bits per heavy atom. The zero-order valence-electron chi connectivity index (χ0n) is 38.1. The summed E-state index contributed by atoms with van der Waals surface area (Å²) in [7, 11) is 3.33. The van der Waals surface area contributed by atoms with E-state index < -0.39 is 77.8 Å². The number of nitrogens with one attached hydrogen (secondary N) is 5. The zero-order valence-corrected chi connectivity index (χ0v) is 41.7. The fraction of sp³-hybridized carbons (Fsp3) is 0.667. The Morgan fingerprint density at radius 1 is 0.833 bits per heavy atom. The van der Waals surface area contributed by atoms with Gasteiger partial charge in [0.2, 0.25) is 41.4 Å². The third-order valence-electron chi connectivity index (χ3n) is 10.6. The van der Waals surface area contributed by atoms with Gasteiger partial charge in [-0.25, -0.2) is 0 Å². The van der Waals surface area contributed by atoms with Gasteiger partial charge in [0.05, 0.1) is 26.4 Å². The molecule has 66 heavy (non-hydrogen) atoms. The van der Waals surface area contributed by atoms with Gasteiger partial charge in [-0.3, -0.25) is 38.4 Å². The number of thiol groups is 1. The van der Waals surface area contributed by atoms with Gasteiger partial charge in [-0.05, 0) is 64.1 Å². The van der Waals surface area contributed by atoms with Crippen molar-refractivity contribution in [3.63, 3.8) is 0 Å². The van der Waals surface area contributed by atoms with Crippen molar-refractivity contribution in [1.29, 1.82) is 0 Å². The molecule has 8 amide bonds. The molecule has 2 aliphatic heterocycles. The number of carbonyl (C=O) groups excluding carboxylic acids is 8. The number of benzene rings is 1. The standard InChI is InChI=1S/C42H68N10O11S.O.Re/c1-26(2)20-29(48-40(59)36(55)28(43)21-27-10-6-5-7-11-27)41(60)52-16-9-13-33(52)42(61)51-15-8-12-32(51)39(58)45-14-17-62-18-19-63-24-35(54)46-22-30(47-34(53)23-50(3)4)38(57)49-31(25-64)37(44)56;;/h5-7,10-11,26,28-33,36,55,64H,8-9,12-25,43H2,1-4H3,(H2,44,56)(H,45,58)(H,46,54)(H,47,53)(H,48,59)(H,49,57);;/q;-2;/t28-,29?,30?,31?,32?,33?,36+;;/m0../s1. The second kappa shape index (κ2) is 30.9. The molecule has 1 aromatic rings. The number of likely N-dealkylation sites (tertiary alicyclic amines) is 2. The number of primary amides is 1. The van der Waals surface area contributed by atoms with Gasteiger partial charge in [-0.1, -0.05) is 44.2 Å². The molecule has 1 radical (unpaired) electrons. The Kier molecular flexibility index (Phi) is 28.0. The van der Waals surface area contributed by atoms with E-state index in [9.17, 15) is 43.5 Å². The molecule has 22 nitrogen and oxygen atoms in total. The van der Waals surface area contributed by atoms with Crippen LogP contribution < -0.4 is 38.1 Å². The van der Waals surface area contributed by atoms with E-state index in [-0.39, 0.29) is 108 Å². The summed E-state index contributed by atoms with van der Waals surface area (Å²) < 4.78 is 10.9. The summed E-state index contributed by atoms with van der Waals surface area (Å²) in [6.07, 6.45) is 0.993. The van der Waals surface area contributed by atoms with E-state index in [2.05, 4.69) is 39.2 Å². The summed E-state index contributed by atoms with van der Waals surface area (Å²) in [6, 6.07) is 3.48. The smallest absolute Gasteiger partial charge is 0.251 e. The van der Waals surface area contributed by atoms with E-state index in [1.54, 1.807) is 19.0 Å². The van der Waals surface area contributed by atoms with Crippen LogP contribution in [0.1, 0.15) is 51.5 Å². The SMILES string of the molecule is CC(C)CC(NC(=O)[C@H](O)[C@@H](N)Cc1ccccc1)C(=O)N1CCCC1C(=O)N1CCCC1C(=O)NCCOCCOCC(=O)NCC(NC(=O)CN(C)C)C(=O)NC(CS)C(N)=O.[O-2].[Re]. The molecular formula is C42H68N10O12ReS-2. The second-order valence-electron chi connectivity index (χ2n) is 16.6. The molecule has 0 spiro atoms. The van der Waals surface area contributed by atoms with Crippen molar-refractivity contribution in [2.45, 2.75) is 94.7 Å². The first-order valence-corrected chi connectivity index (χ1v) is 22.3. The van der Waals surface area contributed by atoms with Gasteiger partial charge < -0.3 is 72.8 Å². The first kappa shape index (κ1) is 59.8. The topological polar surface area (TPSA) is 326 Å². The van der Waals surface area contributed by atoms with Crippen LogP contribution in [0.15, 0.2) is 30.3 Å². The van der Waals surface area contributed by atoms with Crippen LogP contribution >= 0.6 is 12.6 Å². The van der Waals surface area contributed by atoms with Crippen LogP contribution in [-0.2, 0) is 80.1 Å². The molecule has 0 saturated carbocycles. The monoisotopic (exact) mass is 1120 g/mol. The van der Waals surface area contributed by atoms with E-state index in [0.717, 1.165) is 5.56 Å². The molecule has 2 aliphatic rings. The van der Waals surface area contributed by atoms with Crippen molar-refractivity contribution in [3.8, 4) is 0 Å². The van der Waals surface area contributed by atoms with Crippen molar-refractivity contribution in [2.75, 3.05) is 79.0 Å². The largest absolute Gasteiger partial charge is 2.00 e. The van der Waals surface area contributed by atoms with E-state index in [1.165, 1.54) is 9.80 Å². The van der Waals surface area contributed by atoms with E-state index in [0.29, 0.717) is 38.8 Å². The van der Waals surface area contributed by atoms with E-state index in [1.807, 2.05) is 44.2 Å². The van der Waals surface area contributed by atoms with E-state index >= 15 is 0 Å². The molecule has 0 aliphatic carbocycles. The molecule has 2 saturated heterocycles. The zero-order chi connectivity index (χ0) is 47.3. The Labute approximate surface area is 405 Å². The number of aliphatic hydroxyl groups excluding tert-OH is 1. The van der Waals surface area contributed by atoms with Gasteiger partial charge in [0, 0.05) is 58.4 Å². The average Bonchev–Trinajstić information content (AvgIpc) is 3.95. The molecule has 24 heteroatoms. The molecule has 2 heterocycles. The van der Waals surface area contributed by atoms with Gasteiger partial charge in [-0.15, -0.1) is 0 Å². The maximum Gasteiger partial charge on any atom is 0.251 e. The number of rotatable bonds is 27. The molecular weight excluding hydrogens is 1050 g/mol. The normalized spacial score (nSPS) is 17.9. The quantitative estimate of drug-likeness (QED) is 0.0306. The van der Waals surface area contributed by atoms with Gasteiger partial charge in [0.25, 0.3) is 5.91 Å². The number of amides is 8. The maximum atomic E-state index is 14.0.